The molecule has 3 unspecified atom stereocenters. The molecule has 0 aromatic carbocycles. The first-order chi connectivity index (χ1) is 24.3. The van der Waals surface area contributed by atoms with Crippen LogP contribution in [0.15, 0.2) is 0 Å². The van der Waals surface area contributed by atoms with E-state index in [2.05, 4.69) is 20.8 Å². The van der Waals surface area contributed by atoms with Crippen LogP contribution in [0, 0.1) is 5.92 Å². The minimum atomic E-state index is -4.74. The van der Waals surface area contributed by atoms with Gasteiger partial charge in [-0.05, 0) is 26.2 Å². The Balaban J connectivity index is 4.60. The predicted octanol–water partition coefficient (Wildman–Crippen LogP) is 12.1. The molecular formula is C41H83NO7P-. The Labute approximate surface area is 310 Å². The minimum absolute atomic E-state index is 0.0311. The van der Waals surface area contributed by atoms with Gasteiger partial charge in [0.15, 0.2) is 0 Å². The molecule has 0 spiro atoms. The Morgan fingerprint density at radius 3 is 1.38 bits per heavy atom. The van der Waals surface area contributed by atoms with Crippen molar-refractivity contribution in [2.75, 3.05) is 19.8 Å². The number of carbonyl (C=O) groups is 1. The number of phosphoric acid groups is 1. The number of ether oxygens (including phenoxy) is 2. The van der Waals surface area contributed by atoms with Crippen molar-refractivity contribution in [1.29, 1.82) is 0 Å². The number of hydrogen-bond donors (Lipinski definition) is 1. The molecule has 0 aromatic rings. The van der Waals surface area contributed by atoms with Crippen molar-refractivity contribution in [2.24, 2.45) is 11.7 Å². The first-order valence-electron chi connectivity index (χ1n) is 21.5. The summed E-state index contributed by atoms with van der Waals surface area (Å²) < 4.78 is 34.4. The molecule has 300 valence electrons. The number of phosphoric ester groups is 1. The molecule has 0 aliphatic heterocycles. The molecule has 9 heteroatoms. The Morgan fingerprint density at radius 2 is 0.960 bits per heavy atom. The van der Waals surface area contributed by atoms with Crippen molar-refractivity contribution in [3.8, 4) is 0 Å². The molecule has 0 aromatic heterocycles. The highest BCUT2D eigenvalue weighted by Crippen LogP contribution is 2.41. The van der Waals surface area contributed by atoms with E-state index in [0.717, 1.165) is 51.4 Å². The van der Waals surface area contributed by atoms with Gasteiger partial charge in [-0.25, -0.2) is 0 Å². The number of esters is 1. The minimum Gasteiger partial charge on any atom is -0.756 e. The molecule has 0 aliphatic rings. The van der Waals surface area contributed by atoms with Crippen LogP contribution in [0.4, 0.5) is 0 Å². The highest BCUT2D eigenvalue weighted by molar-refractivity contribution is 7.45. The van der Waals surface area contributed by atoms with Crippen molar-refractivity contribution in [1.82, 2.24) is 0 Å². The molecule has 0 fully saturated rings. The quantitative estimate of drug-likeness (QED) is 0.0286. The lowest BCUT2D eigenvalue weighted by Crippen LogP contribution is -2.37. The maximum atomic E-state index is 13.4. The van der Waals surface area contributed by atoms with Gasteiger partial charge in [-0.3, -0.25) is 13.9 Å². The Bertz CT molecular complexity index is 771. The van der Waals surface area contributed by atoms with Gasteiger partial charge in [0.2, 0.25) is 6.29 Å². The average Bonchev–Trinajstić information content (AvgIpc) is 3.10. The summed E-state index contributed by atoms with van der Waals surface area (Å²) in [5.41, 5.74) is 5.43. The van der Waals surface area contributed by atoms with Gasteiger partial charge < -0.3 is 24.6 Å². The number of carbonyl (C=O) groups excluding carboxylic acids is 1. The molecule has 0 saturated carbocycles. The van der Waals surface area contributed by atoms with E-state index >= 15 is 0 Å². The van der Waals surface area contributed by atoms with Gasteiger partial charge in [-0.2, -0.15) is 0 Å². The van der Waals surface area contributed by atoms with E-state index in [-0.39, 0.29) is 19.1 Å². The SMILES string of the molecule is CCCCCCCCCCCCCCCCO[C@H](C)C(OC(=O)C(CCCC)CCCCCCCCCCCCCC)OP(=O)([O-])OCCN. The topological polar surface area (TPSA) is 120 Å². The van der Waals surface area contributed by atoms with E-state index in [9.17, 15) is 14.3 Å². The normalized spacial score (nSPS) is 14.8. The van der Waals surface area contributed by atoms with Gasteiger partial charge in [0.1, 0.15) is 6.10 Å². The standard InChI is InChI=1S/C41H84NO7P/c1-5-8-11-13-15-17-19-21-22-24-26-28-30-32-36-46-38(4)41(49-50(44,45)47-37-35-42)48-40(43)39(33-10-7-3)34-31-29-27-25-23-20-18-16-14-12-9-6-2/h38-39,41H,5-37,42H2,1-4H3,(H,44,45)/p-1/t38-,39?,41?/m1/s1. The monoisotopic (exact) mass is 733 g/mol. The van der Waals surface area contributed by atoms with Crippen molar-refractivity contribution < 1.29 is 32.8 Å². The first-order valence-corrected chi connectivity index (χ1v) is 22.9. The lowest BCUT2D eigenvalue weighted by atomic mass is 9.95. The first kappa shape index (κ1) is 49.5. The largest absolute Gasteiger partial charge is 0.756 e. The van der Waals surface area contributed by atoms with Crippen LogP contribution in [-0.2, 0) is 27.9 Å². The van der Waals surface area contributed by atoms with Gasteiger partial charge in [0, 0.05) is 13.2 Å². The zero-order valence-corrected chi connectivity index (χ0v) is 34.3. The molecule has 8 nitrogen and oxygen atoms in total. The number of hydrogen-bond acceptors (Lipinski definition) is 8. The molecule has 4 atom stereocenters. The zero-order chi connectivity index (χ0) is 37.0. The Kier molecular flexibility index (Phi) is 36.5. The third kappa shape index (κ3) is 32.2. The van der Waals surface area contributed by atoms with E-state index in [1.165, 1.54) is 135 Å². The van der Waals surface area contributed by atoms with Crippen LogP contribution in [-0.4, -0.2) is 38.1 Å². The molecule has 50 heavy (non-hydrogen) atoms. The van der Waals surface area contributed by atoms with E-state index in [4.69, 9.17) is 24.3 Å². The van der Waals surface area contributed by atoms with Crippen LogP contribution in [0.1, 0.15) is 220 Å². The highest BCUT2D eigenvalue weighted by atomic mass is 31.2. The molecule has 0 amide bonds. The van der Waals surface area contributed by atoms with Gasteiger partial charge >= 0.3 is 5.97 Å². The summed E-state index contributed by atoms with van der Waals surface area (Å²) in [5, 5.41) is 0. The van der Waals surface area contributed by atoms with E-state index in [1.54, 1.807) is 6.92 Å². The number of nitrogens with two attached hydrogens (primary N) is 1. The van der Waals surface area contributed by atoms with Gasteiger partial charge in [-0.1, -0.05) is 194 Å². The molecule has 0 heterocycles. The maximum absolute atomic E-state index is 13.4. The van der Waals surface area contributed by atoms with Crippen LogP contribution < -0.4 is 10.6 Å². The smallest absolute Gasteiger partial charge is 0.311 e. The van der Waals surface area contributed by atoms with Gasteiger partial charge in [-0.15, -0.1) is 0 Å². The van der Waals surface area contributed by atoms with Gasteiger partial charge in [0.25, 0.3) is 7.82 Å². The molecule has 0 radical (unpaired) electrons. The lowest BCUT2D eigenvalue weighted by molar-refractivity contribution is -0.254. The van der Waals surface area contributed by atoms with Crippen LogP contribution in [0.2, 0.25) is 0 Å². The van der Waals surface area contributed by atoms with Crippen LogP contribution in [0.5, 0.6) is 0 Å². The molecule has 2 N–H and O–H groups in total. The van der Waals surface area contributed by atoms with Crippen LogP contribution >= 0.6 is 7.82 Å². The Hall–Kier alpha value is -0.500. The van der Waals surface area contributed by atoms with Crippen LogP contribution in [0.3, 0.4) is 0 Å². The average molecular weight is 733 g/mol. The van der Waals surface area contributed by atoms with Crippen molar-refractivity contribution in [3.63, 3.8) is 0 Å². The summed E-state index contributed by atoms with van der Waals surface area (Å²) in [6.07, 6.45) is 34.1. The van der Waals surface area contributed by atoms with Crippen molar-refractivity contribution >= 4 is 13.8 Å². The lowest BCUT2D eigenvalue weighted by Gasteiger charge is -2.31. The summed E-state index contributed by atoms with van der Waals surface area (Å²) in [4.78, 5) is 25.9. The van der Waals surface area contributed by atoms with Gasteiger partial charge in [0.05, 0.1) is 12.5 Å². The van der Waals surface area contributed by atoms with Crippen molar-refractivity contribution in [2.45, 2.75) is 233 Å². The third-order valence-electron chi connectivity index (χ3n) is 9.74. The van der Waals surface area contributed by atoms with E-state index in [0.29, 0.717) is 13.0 Å². The molecule has 0 saturated heterocycles. The molecular weight excluding hydrogens is 649 g/mol. The van der Waals surface area contributed by atoms with E-state index in [1.807, 2.05) is 0 Å². The number of rotatable bonds is 40. The second kappa shape index (κ2) is 36.8. The summed E-state index contributed by atoms with van der Waals surface area (Å²) in [5.74, 6) is -0.713. The summed E-state index contributed by atoms with van der Waals surface area (Å²) in [6, 6.07) is 0. The summed E-state index contributed by atoms with van der Waals surface area (Å²) in [6.45, 7) is 8.59. The molecule has 0 aliphatic carbocycles. The second-order valence-corrected chi connectivity index (χ2v) is 16.0. The Morgan fingerprint density at radius 1 is 0.580 bits per heavy atom. The highest BCUT2D eigenvalue weighted by Gasteiger charge is 2.31. The zero-order valence-electron chi connectivity index (χ0n) is 33.4. The van der Waals surface area contributed by atoms with Crippen molar-refractivity contribution in [3.05, 3.63) is 0 Å². The fourth-order valence-corrected chi connectivity index (χ4v) is 7.30. The van der Waals surface area contributed by atoms with Crippen LogP contribution in [0.25, 0.3) is 0 Å². The fraction of sp³-hybridized carbons (Fsp3) is 0.976. The maximum Gasteiger partial charge on any atom is 0.311 e. The number of unbranched alkanes of at least 4 members (excludes halogenated alkanes) is 25. The summed E-state index contributed by atoms with van der Waals surface area (Å²) in [7, 11) is -4.74. The third-order valence-corrected chi connectivity index (χ3v) is 10.7. The second-order valence-electron chi connectivity index (χ2n) is 14.7. The molecule has 0 rings (SSSR count). The van der Waals surface area contributed by atoms with E-state index < -0.39 is 26.2 Å². The predicted molar refractivity (Wildman–Crippen MR) is 208 cm³/mol. The fourth-order valence-electron chi connectivity index (χ4n) is 6.44. The summed E-state index contributed by atoms with van der Waals surface area (Å²) >= 11 is 0. The molecule has 0 bridgehead atoms.